The number of ether oxygens (including phenoxy) is 1. The van der Waals surface area contributed by atoms with Gasteiger partial charge in [-0.25, -0.2) is 0 Å². The van der Waals surface area contributed by atoms with E-state index < -0.39 is 0 Å². The molecule has 0 N–H and O–H groups in total. The molecule has 0 bridgehead atoms. The van der Waals surface area contributed by atoms with Crippen LogP contribution in [0.25, 0.3) is 0 Å². The molecule has 1 heterocycles. The fraction of sp³-hybridized carbons (Fsp3) is 0.950. The summed E-state index contributed by atoms with van der Waals surface area (Å²) in [6, 6.07) is 0. The summed E-state index contributed by atoms with van der Waals surface area (Å²) in [5, 5.41) is 0. The topological polar surface area (TPSA) is 44.8 Å². The second-order valence-electron chi connectivity index (χ2n) is 9.46. The molecule has 142 valence electrons. The SMILES string of the molecule is COC(=O)C1CCCC(C2CCCC(B3OC(C)(C)C(C)(C)O3)C2)C1. The molecule has 3 fully saturated rings. The van der Waals surface area contributed by atoms with E-state index in [1.165, 1.54) is 39.2 Å². The Kier molecular flexibility index (Phi) is 5.56. The molecule has 0 spiro atoms. The van der Waals surface area contributed by atoms with Crippen LogP contribution in [0, 0.1) is 17.8 Å². The highest BCUT2D eigenvalue weighted by atomic mass is 16.7. The quantitative estimate of drug-likeness (QED) is 0.550. The van der Waals surface area contributed by atoms with Gasteiger partial charge in [0.05, 0.1) is 24.2 Å². The molecular formula is C20H35BO4. The minimum atomic E-state index is -0.245. The van der Waals surface area contributed by atoms with Crippen molar-refractivity contribution >= 4 is 13.1 Å². The van der Waals surface area contributed by atoms with Gasteiger partial charge in [-0.3, -0.25) is 4.79 Å². The van der Waals surface area contributed by atoms with Gasteiger partial charge in [0.2, 0.25) is 0 Å². The Labute approximate surface area is 153 Å². The lowest BCUT2D eigenvalue weighted by Gasteiger charge is -2.38. The summed E-state index contributed by atoms with van der Waals surface area (Å²) in [7, 11) is 1.44. The maximum atomic E-state index is 11.9. The molecule has 1 aliphatic heterocycles. The van der Waals surface area contributed by atoms with Crippen LogP contribution >= 0.6 is 0 Å². The lowest BCUT2D eigenvalue weighted by molar-refractivity contribution is -0.147. The molecule has 4 atom stereocenters. The molecule has 4 unspecified atom stereocenters. The third-order valence-electron chi connectivity index (χ3n) is 7.33. The van der Waals surface area contributed by atoms with Crippen LogP contribution < -0.4 is 0 Å². The van der Waals surface area contributed by atoms with Gasteiger partial charge >= 0.3 is 13.1 Å². The highest BCUT2D eigenvalue weighted by Crippen LogP contribution is 2.48. The molecule has 2 saturated carbocycles. The van der Waals surface area contributed by atoms with Crippen LogP contribution in [-0.2, 0) is 18.8 Å². The summed E-state index contributed by atoms with van der Waals surface area (Å²) in [5.74, 6) is 1.94. The molecular weight excluding hydrogens is 315 g/mol. The molecule has 5 heteroatoms. The van der Waals surface area contributed by atoms with Gasteiger partial charge in [-0.15, -0.1) is 0 Å². The zero-order valence-electron chi connectivity index (χ0n) is 16.7. The number of hydrogen-bond donors (Lipinski definition) is 0. The van der Waals surface area contributed by atoms with Crippen LogP contribution in [-0.4, -0.2) is 31.4 Å². The first-order valence-corrected chi connectivity index (χ1v) is 10.2. The highest BCUT2D eigenvalue weighted by molar-refractivity contribution is 6.47. The highest BCUT2D eigenvalue weighted by Gasteiger charge is 2.54. The zero-order valence-corrected chi connectivity index (χ0v) is 16.7. The van der Waals surface area contributed by atoms with E-state index in [4.69, 9.17) is 14.0 Å². The largest absolute Gasteiger partial charge is 0.469 e. The average Bonchev–Trinajstić information content (AvgIpc) is 2.82. The van der Waals surface area contributed by atoms with Crippen molar-refractivity contribution in [3.05, 3.63) is 0 Å². The van der Waals surface area contributed by atoms with Crippen molar-refractivity contribution < 1.29 is 18.8 Å². The summed E-state index contributed by atoms with van der Waals surface area (Å²) >= 11 is 0. The first-order chi connectivity index (χ1) is 11.7. The van der Waals surface area contributed by atoms with Crippen LogP contribution in [0.1, 0.15) is 79.1 Å². The molecule has 3 rings (SSSR count). The Morgan fingerprint density at radius 1 is 0.920 bits per heavy atom. The zero-order chi connectivity index (χ0) is 18.2. The van der Waals surface area contributed by atoms with Gasteiger partial charge in [-0.1, -0.05) is 32.1 Å². The summed E-state index contributed by atoms with van der Waals surface area (Å²) < 4.78 is 17.6. The van der Waals surface area contributed by atoms with Crippen LogP contribution in [0.5, 0.6) is 0 Å². The standard InChI is InChI=1S/C20H35BO4/c1-19(2)20(3,4)25-21(24-19)17-11-7-9-15(13-17)14-8-6-10-16(12-14)18(22)23-5/h14-17H,6-13H2,1-5H3. The van der Waals surface area contributed by atoms with E-state index in [0.29, 0.717) is 17.7 Å². The smallest absolute Gasteiger partial charge is 0.461 e. The minimum Gasteiger partial charge on any atom is -0.469 e. The van der Waals surface area contributed by atoms with Crippen molar-refractivity contribution in [3.63, 3.8) is 0 Å². The van der Waals surface area contributed by atoms with Crippen molar-refractivity contribution in [1.82, 2.24) is 0 Å². The van der Waals surface area contributed by atoms with Crippen LogP contribution in [0.2, 0.25) is 5.82 Å². The van der Waals surface area contributed by atoms with Gasteiger partial charge in [0.15, 0.2) is 0 Å². The van der Waals surface area contributed by atoms with Gasteiger partial charge in [-0.2, -0.15) is 0 Å². The van der Waals surface area contributed by atoms with Crippen molar-refractivity contribution in [1.29, 1.82) is 0 Å². The van der Waals surface area contributed by atoms with Crippen molar-refractivity contribution in [2.45, 2.75) is 96.1 Å². The number of carbonyl (C=O) groups excluding carboxylic acids is 1. The molecule has 0 amide bonds. The van der Waals surface area contributed by atoms with Gasteiger partial charge in [0, 0.05) is 0 Å². The van der Waals surface area contributed by atoms with Crippen molar-refractivity contribution in [2.75, 3.05) is 7.11 Å². The predicted molar refractivity (Wildman–Crippen MR) is 99.3 cm³/mol. The Morgan fingerprint density at radius 3 is 2.08 bits per heavy atom. The molecule has 0 radical (unpaired) electrons. The number of hydrogen-bond acceptors (Lipinski definition) is 4. The Bertz CT molecular complexity index is 474. The summed E-state index contributed by atoms with van der Waals surface area (Å²) in [6.45, 7) is 8.54. The second-order valence-corrected chi connectivity index (χ2v) is 9.46. The third-order valence-corrected chi connectivity index (χ3v) is 7.33. The molecule has 3 aliphatic rings. The van der Waals surface area contributed by atoms with Crippen molar-refractivity contribution in [3.8, 4) is 0 Å². The van der Waals surface area contributed by atoms with Crippen LogP contribution in [0.4, 0.5) is 0 Å². The number of esters is 1. The van der Waals surface area contributed by atoms with Gasteiger partial charge in [-0.05, 0) is 64.6 Å². The number of rotatable bonds is 3. The Hall–Kier alpha value is -0.545. The monoisotopic (exact) mass is 350 g/mol. The first-order valence-electron chi connectivity index (χ1n) is 10.2. The van der Waals surface area contributed by atoms with Gasteiger partial charge in [0.25, 0.3) is 0 Å². The van der Waals surface area contributed by atoms with E-state index >= 15 is 0 Å². The van der Waals surface area contributed by atoms with Crippen molar-refractivity contribution in [2.24, 2.45) is 17.8 Å². The normalized spacial score (nSPS) is 37.7. The predicted octanol–water partition coefficient (Wildman–Crippen LogP) is 4.62. The fourth-order valence-electron chi connectivity index (χ4n) is 5.06. The first kappa shape index (κ1) is 19.2. The van der Waals surface area contributed by atoms with Gasteiger partial charge in [0.1, 0.15) is 0 Å². The van der Waals surface area contributed by atoms with Crippen LogP contribution in [0.15, 0.2) is 0 Å². The van der Waals surface area contributed by atoms with E-state index in [1.54, 1.807) is 0 Å². The van der Waals surface area contributed by atoms with E-state index in [2.05, 4.69) is 27.7 Å². The maximum Gasteiger partial charge on any atom is 0.461 e. The lowest BCUT2D eigenvalue weighted by atomic mass is 9.58. The maximum absolute atomic E-state index is 11.9. The van der Waals surface area contributed by atoms with E-state index in [0.717, 1.165) is 19.3 Å². The summed E-state index contributed by atoms with van der Waals surface area (Å²) in [4.78, 5) is 11.9. The average molecular weight is 350 g/mol. The molecule has 4 nitrogen and oxygen atoms in total. The summed E-state index contributed by atoms with van der Waals surface area (Å²) in [6.07, 6.45) is 9.32. The number of carbonyl (C=O) groups is 1. The molecule has 1 saturated heterocycles. The van der Waals surface area contributed by atoms with Gasteiger partial charge < -0.3 is 14.0 Å². The molecule has 0 aromatic rings. The summed E-state index contributed by atoms with van der Waals surface area (Å²) in [5.41, 5.74) is -0.489. The third kappa shape index (κ3) is 3.92. The molecule has 0 aromatic heterocycles. The fourth-order valence-corrected chi connectivity index (χ4v) is 5.06. The second kappa shape index (κ2) is 7.23. The van der Waals surface area contributed by atoms with E-state index in [9.17, 15) is 4.79 Å². The Balaban J connectivity index is 1.61. The molecule has 25 heavy (non-hydrogen) atoms. The van der Waals surface area contributed by atoms with E-state index in [-0.39, 0.29) is 30.2 Å². The number of methoxy groups -OCH3 is 1. The lowest BCUT2D eigenvalue weighted by Crippen LogP contribution is -2.41. The molecule has 2 aliphatic carbocycles. The minimum absolute atomic E-state index is 0.0111. The van der Waals surface area contributed by atoms with E-state index in [1.807, 2.05) is 0 Å². The molecule has 0 aromatic carbocycles. The van der Waals surface area contributed by atoms with Crippen LogP contribution in [0.3, 0.4) is 0 Å². The Morgan fingerprint density at radius 2 is 1.48 bits per heavy atom.